The number of amides is 1. The van der Waals surface area contributed by atoms with E-state index in [1.54, 1.807) is 0 Å². The second-order valence-corrected chi connectivity index (χ2v) is 5.60. The lowest BCUT2D eigenvalue weighted by Crippen LogP contribution is -2.51. The molecule has 0 aliphatic carbocycles. The van der Waals surface area contributed by atoms with E-state index in [0.717, 1.165) is 48.1 Å². The summed E-state index contributed by atoms with van der Waals surface area (Å²) in [5.74, 6) is -0.000370. The number of anilines is 1. The van der Waals surface area contributed by atoms with Crippen LogP contribution in [0.4, 0.5) is 17.1 Å². The van der Waals surface area contributed by atoms with Gasteiger partial charge in [0.2, 0.25) is 5.91 Å². The predicted octanol–water partition coefficient (Wildman–Crippen LogP) is 2.07. The number of piperazine rings is 1. The van der Waals surface area contributed by atoms with Crippen LogP contribution in [0.5, 0.6) is 0 Å². The zero-order chi connectivity index (χ0) is 13.9. The van der Waals surface area contributed by atoms with Crippen molar-refractivity contribution in [3.8, 4) is 0 Å². The average molecular weight is 328 g/mol. The number of carbonyl (C=O) groups excluding carboxylic acids is 1. The topological polar surface area (TPSA) is 69.1 Å². The van der Waals surface area contributed by atoms with Crippen molar-refractivity contribution in [1.82, 2.24) is 10.2 Å². The molecule has 1 saturated heterocycles. The van der Waals surface area contributed by atoms with Crippen LogP contribution in [-0.2, 0) is 16.1 Å². The van der Waals surface area contributed by atoms with Crippen molar-refractivity contribution in [2.75, 3.05) is 31.5 Å². The first-order valence-corrected chi connectivity index (χ1v) is 7.42. The summed E-state index contributed by atoms with van der Waals surface area (Å²) in [6.07, 6.45) is 0. The Morgan fingerprint density at radius 1 is 1.52 bits per heavy atom. The van der Waals surface area contributed by atoms with Crippen molar-refractivity contribution >= 4 is 46.7 Å². The molecule has 0 aromatic heterocycles. The van der Waals surface area contributed by atoms with E-state index in [2.05, 4.69) is 31.2 Å². The van der Waals surface area contributed by atoms with Gasteiger partial charge in [-0.2, -0.15) is 8.73 Å². The van der Waals surface area contributed by atoms with Gasteiger partial charge in [-0.05, 0) is 19.1 Å². The van der Waals surface area contributed by atoms with E-state index in [9.17, 15) is 4.79 Å². The lowest BCUT2D eigenvalue weighted by Gasteiger charge is -2.31. The largest absolute Gasteiger partial charge is 0.323 e. The van der Waals surface area contributed by atoms with Crippen LogP contribution in [0.3, 0.4) is 0 Å². The lowest BCUT2D eigenvalue weighted by atomic mass is 10.2. The first kappa shape index (κ1) is 16.1. The van der Waals surface area contributed by atoms with Crippen LogP contribution < -0.4 is 10.6 Å². The molecule has 21 heavy (non-hydrogen) atoms. The fourth-order valence-electron chi connectivity index (χ4n) is 2.46. The van der Waals surface area contributed by atoms with Crippen LogP contribution >= 0.6 is 12.4 Å². The van der Waals surface area contributed by atoms with Crippen LogP contribution in [0.25, 0.3) is 0 Å². The minimum absolute atomic E-state index is 0. The highest BCUT2D eigenvalue weighted by atomic mass is 35.5. The number of hydrogen-bond donors (Lipinski definition) is 2. The zero-order valence-electron chi connectivity index (χ0n) is 11.7. The van der Waals surface area contributed by atoms with E-state index in [-0.39, 0.29) is 18.3 Å². The Labute approximate surface area is 133 Å². The normalized spacial score (nSPS) is 20.3. The maximum absolute atomic E-state index is 12.1. The van der Waals surface area contributed by atoms with Gasteiger partial charge in [0, 0.05) is 25.7 Å². The zero-order valence-corrected chi connectivity index (χ0v) is 13.3. The molecule has 6 nitrogen and oxygen atoms in total. The highest BCUT2D eigenvalue weighted by molar-refractivity contribution is 7.58. The second kappa shape index (κ2) is 7.13. The summed E-state index contributed by atoms with van der Waals surface area (Å²) in [7, 11) is 0. The number of fused-ring (bicyclic) bond motifs is 1. The minimum Gasteiger partial charge on any atom is -0.323 e. The molecule has 0 bridgehead atoms. The first-order chi connectivity index (χ1) is 9.72. The molecule has 2 heterocycles. The number of nitrogens with zero attached hydrogens (tertiary/aromatic N) is 3. The van der Waals surface area contributed by atoms with Crippen molar-refractivity contribution in [2.24, 2.45) is 8.73 Å². The molecule has 1 unspecified atom stereocenters. The molecule has 1 aromatic rings. The maximum Gasteiger partial charge on any atom is 0.238 e. The maximum atomic E-state index is 12.1. The molecule has 114 valence electrons. The van der Waals surface area contributed by atoms with Gasteiger partial charge in [-0.15, -0.1) is 12.4 Å². The number of halogens is 1. The van der Waals surface area contributed by atoms with Crippen LogP contribution in [0, 0.1) is 0 Å². The summed E-state index contributed by atoms with van der Waals surface area (Å²) in [6, 6.07) is 6.07. The van der Waals surface area contributed by atoms with Gasteiger partial charge in [-0.25, -0.2) is 0 Å². The van der Waals surface area contributed by atoms with Gasteiger partial charge in [0.25, 0.3) is 0 Å². The molecule has 0 spiro atoms. The van der Waals surface area contributed by atoms with Crippen molar-refractivity contribution in [2.45, 2.75) is 13.0 Å². The smallest absolute Gasteiger partial charge is 0.238 e. The average Bonchev–Trinajstić information content (AvgIpc) is 2.88. The standard InChI is InChI=1S/C13H17N5OS.ClH/c1-9-7-18(6-5-14-9)8-12(19)15-10-3-2-4-11-13(10)17-20-16-11;/h2-4,9,14H,5-8H2,1H3,(H,15,19);1H. The monoisotopic (exact) mass is 327 g/mol. The molecule has 1 atom stereocenters. The molecule has 2 aliphatic rings. The summed E-state index contributed by atoms with van der Waals surface area (Å²) in [5.41, 5.74) is 2.33. The van der Waals surface area contributed by atoms with Crippen molar-refractivity contribution in [3.05, 3.63) is 18.2 Å². The summed E-state index contributed by atoms with van der Waals surface area (Å²) in [6.45, 7) is 5.28. The van der Waals surface area contributed by atoms with Gasteiger partial charge in [0.05, 0.1) is 23.6 Å². The molecule has 1 amide bonds. The number of nitrogens with one attached hydrogen (secondary N) is 2. The van der Waals surface area contributed by atoms with E-state index in [1.165, 1.54) is 0 Å². The highest BCUT2D eigenvalue weighted by Gasteiger charge is 2.19. The van der Waals surface area contributed by atoms with Crippen LogP contribution in [-0.4, -0.2) is 43.0 Å². The molecule has 8 heteroatoms. The predicted molar refractivity (Wildman–Crippen MR) is 87.8 cm³/mol. The first-order valence-electron chi connectivity index (χ1n) is 6.69. The third-order valence-corrected chi connectivity index (χ3v) is 3.92. The Bertz CT molecular complexity index is 602. The molecule has 0 saturated carbocycles. The highest BCUT2D eigenvalue weighted by Crippen LogP contribution is 2.38. The van der Waals surface area contributed by atoms with Crippen molar-refractivity contribution in [3.63, 3.8) is 0 Å². The van der Waals surface area contributed by atoms with E-state index >= 15 is 0 Å². The third-order valence-electron chi connectivity index (χ3n) is 3.38. The van der Waals surface area contributed by atoms with Gasteiger partial charge in [-0.3, -0.25) is 9.69 Å². The third kappa shape index (κ3) is 3.88. The van der Waals surface area contributed by atoms with Gasteiger partial charge in [0.1, 0.15) is 11.4 Å². The molecular weight excluding hydrogens is 310 g/mol. The van der Waals surface area contributed by atoms with Crippen LogP contribution in [0.1, 0.15) is 6.92 Å². The number of hydrogen-bond acceptors (Lipinski definition) is 5. The second-order valence-electron chi connectivity index (χ2n) is 5.08. The Hall–Kier alpha value is -1.28. The Morgan fingerprint density at radius 2 is 2.38 bits per heavy atom. The van der Waals surface area contributed by atoms with E-state index in [0.29, 0.717) is 12.6 Å². The van der Waals surface area contributed by atoms with Crippen LogP contribution in [0.15, 0.2) is 26.9 Å². The van der Waals surface area contributed by atoms with Gasteiger partial charge < -0.3 is 10.6 Å². The number of benzene rings is 1. The number of rotatable bonds is 3. The van der Waals surface area contributed by atoms with Crippen molar-refractivity contribution in [1.29, 1.82) is 0 Å². The van der Waals surface area contributed by atoms with Gasteiger partial charge in [-0.1, -0.05) is 6.07 Å². The summed E-state index contributed by atoms with van der Waals surface area (Å²) in [5, 5.41) is 6.30. The van der Waals surface area contributed by atoms with Crippen LogP contribution in [0.2, 0.25) is 0 Å². The number of carbonyl (C=O) groups is 1. The molecule has 1 fully saturated rings. The molecular formula is C13H18ClN5OS. The lowest BCUT2D eigenvalue weighted by molar-refractivity contribution is -0.117. The van der Waals surface area contributed by atoms with E-state index in [1.807, 2.05) is 18.2 Å². The molecule has 1 aromatic carbocycles. The summed E-state index contributed by atoms with van der Waals surface area (Å²) >= 11 is 1.16. The quantitative estimate of drug-likeness (QED) is 0.906. The minimum atomic E-state index is -0.000370. The Balaban J connectivity index is 0.00000161. The summed E-state index contributed by atoms with van der Waals surface area (Å²) in [4.78, 5) is 14.3. The van der Waals surface area contributed by atoms with E-state index in [4.69, 9.17) is 0 Å². The Kier molecular flexibility index (Phi) is 5.46. The fraction of sp³-hybridized carbons (Fsp3) is 0.462. The molecule has 0 radical (unpaired) electrons. The molecule has 2 N–H and O–H groups in total. The summed E-state index contributed by atoms with van der Waals surface area (Å²) < 4.78 is 8.40. The van der Waals surface area contributed by atoms with Crippen molar-refractivity contribution < 1.29 is 4.79 Å². The van der Waals surface area contributed by atoms with E-state index < -0.39 is 0 Å². The SMILES string of the molecule is CC1CN(CC(=O)Nc2cccc3c2N=S=N3)CCN1.Cl. The molecule has 2 aliphatic heterocycles. The molecule has 3 rings (SSSR count). The van der Waals surface area contributed by atoms with Gasteiger partial charge >= 0.3 is 0 Å². The van der Waals surface area contributed by atoms with Gasteiger partial charge in [0.15, 0.2) is 0 Å². The fourth-order valence-corrected chi connectivity index (χ4v) is 3.01. The Morgan fingerprint density at radius 3 is 3.19 bits per heavy atom.